The van der Waals surface area contributed by atoms with Crippen molar-refractivity contribution >= 4 is 0 Å². The molecule has 1 saturated heterocycles. The van der Waals surface area contributed by atoms with E-state index >= 15 is 0 Å². The second-order valence-electron chi connectivity index (χ2n) is 7.51. The van der Waals surface area contributed by atoms with Gasteiger partial charge in [-0.15, -0.1) is 0 Å². The molecule has 2 heteroatoms. The van der Waals surface area contributed by atoms with Gasteiger partial charge in [0.15, 0.2) is 0 Å². The average molecular weight is 252 g/mol. The van der Waals surface area contributed by atoms with Crippen LogP contribution in [0.3, 0.4) is 0 Å². The maximum atomic E-state index is 3.97. The second kappa shape index (κ2) is 5.92. The third-order valence-corrected chi connectivity index (χ3v) is 4.81. The van der Waals surface area contributed by atoms with Crippen LogP contribution in [-0.4, -0.2) is 36.6 Å². The van der Waals surface area contributed by atoms with E-state index in [1.54, 1.807) is 0 Å². The first kappa shape index (κ1) is 14.3. The lowest BCUT2D eigenvalue weighted by atomic mass is 9.70. The van der Waals surface area contributed by atoms with Gasteiger partial charge >= 0.3 is 0 Å². The Morgan fingerprint density at radius 1 is 1.22 bits per heavy atom. The summed E-state index contributed by atoms with van der Waals surface area (Å²) in [5, 5.41) is 3.97. The molecule has 2 nitrogen and oxygen atoms in total. The van der Waals surface area contributed by atoms with Crippen molar-refractivity contribution in [1.29, 1.82) is 0 Å². The summed E-state index contributed by atoms with van der Waals surface area (Å²) in [6, 6.07) is 1.50. The van der Waals surface area contributed by atoms with E-state index in [0.717, 1.165) is 18.0 Å². The fourth-order valence-electron chi connectivity index (χ4n) is 4.29. The Labute approximate surface area is 114 Å². The number of likely N-dealkylation sites (N-methyl/N-ethyl adjacent to an activating group) is 1. The zero-order valence-electron chi connectivity index (χ0n) is 12.8. The number of piperidine rings is 1. The first-order valence-corrected chi connectivity index (χ1v) is 7.97. The van der Waals surface area contributed by atoms with Gasteiger partial charge in [-0.1, -0.05) is 27.7 Å². The molecule has 0 aromatic rings. The van der Waals surface area contributed by atoms with Crippen LogP contribution >= 0.6 is 0 Å². The molecule has 2 aliphatic rings. The van der Waals surface area contributed by atoms with Gasteiger partial charge in [-0.3, -0.25) is 0 Å². The van der Waals surface area contributed by atoms with E-state index in [1.165, 1.54) is 51.7 Å². The predicted octanol–water partition coefficient (Wildman–Crippen LogP) is 3.28. The molecule has 2 rings (SSSR count). The van der Waals surface area contributed by atoms with Gasteiger partial charge in [0.05, 0.1) is 0 Å². The maximum Gasteiger partial charge on any atom is 0.0198 e. The van der Waals surface area contributed by atoms with Crippen molar-refractivity contribution < 1.29 is 0 Å². The van der Waals surface area contributed by atoms with E-state index < -0.39 is 0 Å². The Hall–Kier alpha value is -0.0800. The van der Waals surface area contributed by atoms with E-state index in [-0.39, 0.29) is 0 Å². The molecule has 106 valence electrons. The zero-order chi connectivity index (χ0) is 13.2. The molecule has 3 unspecified atom stereocenters. The average Bonchev–Trinajstić information content (AvgIpc) is 2.26. The quantitative estimate of drug-likeness (QED) is 0.829. The van der Waals surface area contributed by atoms with Gasteiger partial charge in [0, 0.05) is 18.6 Å². The standard InChI is InChI=1S/C16H32N2/c1-5-18-8-6-7-14(12-18)17-15-9-13(2)10-16(3,4)11-15/h13-15,17H,5-12H2,1-4H3. The van der Waals surface area contributed by atoms with Crippen LogP contribution in [0.2, 0.25) is 0 Å². The van der Waals surface area contributed by atoms with Crippen molar-refractivity contribution in [2.45, 2.75) is 71.9 Å². The topological polar surface area (TPSA) is 15.3 Å². The lowest BCUT2D eigenvalue weighted by Gasteiger charge is -2.42. The van der Waals surface area contributed by atoms with Crippen molar-refractivity contribution in [2.24, 2.45) is 11.3 Å². The summed E-state index contributed by atoms with van der Waals surface area (Å²) in [5.41, 5.74) is 0.536. The lowest BCUT2D eigenvalue weighted by molar-refractivity contribution is 0.124. The van der Waals surface area contributed by atoms with Gasteiger partial charge in [-0.2, -0.15) is 0 Å². The van der Waals surface area contributed by atoms with E-state index in [4.69, 9.17) is 0 Å². The third kappa shape index (κ3) is 3.96. The van der Waals surface area contributed by atoms with Gasteiger partial charge in [0.1, 0.15) is 0 Å². The summed E-state index contributed by atoms with van der Waals surface area (Å²) in [6.07, 6.45) is 6.89. The molecule has 18 heavy (non-hydrogen) atoms. The molecule has 1 N–H and O–H groups in total. The smallest absolute Gasteiger partial charge is 0.0198 e. The van der Waals surface area contributed by atoms with Gasteiger partial charge in [0.25, 0.3) is 0 Å². The molecule has 0 spiro atoms. The first-order valence-electron chi connectivity index (χ1n) is 7.97. The Morgan fingerprint density at radius 2 is 2.00 bits per heavy atom. The minimum absolute atomic E-state index is 0.536. The highest BCUT2D eigenvalue weighted by molar-refractivity contribution is 4.89. The van der Waals surface area contributed by atoms with Crippen molar-refractivity contribution in [1.82, 2.24) is 10.2 Å². The number of hydrogen-bond acceptors (Lipinski definition) is 2. The minimum atomic E-state index is 0.536. The largest absolute Gasteiger partial charge is 0.310 e. The van der Waals surface area contributed by atoms with Crippen molar-refractivity contribution in [3.63, 3.8) is 0 Å². The van der Waals surface area contributed by atoms with Gasteiger partial charge in [0.2, 0.25) is 0 Å². The summed E-state index contributed by atoms with van der Waals surface area (Å²) in [7, 11) is 0. The monoisotopic (exact) mass is 252 g/mol. The third-order valence-electron chi connectivity index (χ3n) is 4.81. The molecular weight excluding hydrogens is 220 g/mol. The van der Waals surface area contributed by atoms with E-state index in [1.807, 2.05) is 0 Å². The molecule has 0 bridgehead atoms. The molecule has 0 aromatic heterocycles. The van der Waals surface area contributed by atoms with Crippen LogP contribution in [0.1, 0.15) is 59.8 Å². The van der Waals surface area contributed by atoms with Crippen LogP contribution in [-0.2, 0) is 0 Å². The first-order chi connectivity index (χ1) is 8.48. The van der Waals surface area contributed by atoms with E-state index in [0.29, 0.717) is 5.41 Å². The van der Waals surface area contributed by atoms with Gasteiger partial charge in [-0.25, -0.2) is 0 Å². The zero-order valence-corrected chi connectivity index (χ0v) is 12.8. The van der Waals surface area contributed by atoms with Crippen LogP contribution < -0.4 is 5.32 Å². The summed E-state index contributed by atoms with van der Waals surface area (Å²) in [4.78, 5) is 2.60. The highest BCUT2D eigenvalue weighted by atomic mass is 15.2. The molecule has 0 radical (unpaired) electrons. The maximum absolute atomic E-state index is 3.97. The SMILES string of the molecule is CCN1CCCC(NC2CC(C)CC(C)(C)C2)C1. The molecule has 0 aromatic carbocycles. The fourth-order valence-corrected chi connectivity index (χ4v) is 4.29. The van der Waals surface area contributed by atoms with Gasteiger partial charge in [-0.05, 0) is 56.5 Å². The van der Waals surface area contributed by atoms with Crippen molar-refractivity contribution in [3.8, 4) is 0 Å². The fraction of sp³-hybridized carbons (Fsp3) is 1.00. The number of rotatable bonds is 3. The Kier molecular flexibility index (Phi) is 4.71. The molecular formula is C16H32N2. The second-order valence-corrected chi connectivity index (χ2v) is 7.51. The summed E-state index contributed by atoms with van der Waals surface area (Å²) < 4.78 is 0. The molecule has 1 saturated carbocycles. The van der Waals surface area contributed by atoms with Crippen molar-refractivity contribution in [3.05, 3.63) is 0 Å². The predicted molar refractivity (Wildman–Crippen MR) is 78.9 cm³/mol. The molecule has 1 aliphatic heterocycles. The van der Waals surface area contributed by atoms with Gasteiger partial charge < -0.3 is 10.2 Å². The summed E-state index contributed by atoms with van der Waals surface area (Å²) in [5.74, 6) is 0.886. The number of nitrogens with one attached hydrogen (secondary N) is 1. The van der Waals surface area contributed by atoms with Crippen LogP contribution in [0.4, 0.5) is 0 Å². The van der Waals surface area contributed by atoms with E-state index in [2.05, 4.69) is 37.9 Å². The molecule has 1 aliphatic carbocycles. The summed E-state index contributed by atoms with van der Waals surface area (Å²) in [6.45, 7) is 13.4. The highest BCUT2D eigenvalue weighted by Crippen LogP contribution is 2.38. The Bertz CT molecular complexity index is 262. The van der Waals surface area contributed by atoms with Crippen LogP contribution in [0.5, 0.6) is 0 Å². The van der Waals surface area contributed by atoms with Crippen LogP contribution in [0.25, 0.3) is 0 Å². The molecule has 0 amide bonds. The van der Waals surface area contributed by atoms with Crippen molar-refractivity contribution in [2.75, 3.05) is 19.6 Å². The molecule has 2 fully saturated rings. The Morgan fingerprint density at radius 3 is 2.67 bits per heavy atom. The van der Waals surface area contributed by atoms with E-state index in [9.17, 15) is 0 Å². The number of nitrogens with zero attached hydrogens (tertiary/aromatic N) is 1. The molecule has 3 atom stereocenters. The molecule has 1 heterocycles. The minimum Gasteiger partial charge on any atom is -0.310 e. The normalized spacial score (nSPS) is 37.7. The number of hydrogen-bond donors (Lipinski definition) is 1. The van der Waals surface area contributed by atoms with Crippen LogP contribution in [0, 0.1) is 11.3 Å². The summed E-state index contributed by atoms with van der Waals surface area (Å²) >= 11 is 0. The Balaban J connectivity index is 1.85. The van der Waals surface area contributed by atoms with Crippen LogP contribution in [0.15, 0.2) is 0 Å². The number of likely N-dealkylation sites (tertiary alicyclic amines) is 1. The lowest BCUT2D eigenvalue weighted by Crippen LogP contribution is -2.51. The highest BCUT2D eigenvalue weighted by Gasteiger charge is 2.33.